The maximum absolute atomic E-state index is 12.7. The Morgan fingerprint density at radius 1 is 1.31 bits per heavy atom. The molecule has 0 radical (unpaired) electrons. The quantitative estimate of drug-likeness (QED) is 0.745. The first-order valence-corrected chi connectivity index (χ1v) is 10.9. The first kappa shape index (κ1) is 19.1. The molecular formula is C17H21BrN4O3S. The van der Waals surface area contributed by atoms with Gasteiger partial charge in [0.25, 0.3) is 5.91 Å². The summed E-state index contributed by atoms with van der Waals surface area (Å²) in [6, 6.07) is 9.35. The van der Waals surface area contributed by atoms with Gasteiger partial charge in [0.05, 0.1) is 11.4 Å². The lowest BCUT2D eigenvalue weighted by Gasteiger charge is -2.31. The van der Waals surface area contributed by atoms with Gasteiger partial charge in [0.2, 0.25) is 10.0 Å². The number of carbonyl (C=O) groups excluding carboxylic acids is 1. The summed E-state index contributed by atoms with van der Waals surface area (Å²) >= 11 is 3.39. The third-order valence-electron chi connectivity index (χ3n) is 4.46. The van der Waals surface area contributed by atoms with Crippen molar-refractivity contribution in [2.24, 2.45) is 0 Å². The second-order valence-electron chi connectivity index (χ2n) is 6.26. The predicted molar refractivity (Wildman–Crippen MR) is 103 cm³/mol. The number of aromatic nitrogens is 2. The van der Waals surface area contributed by atoms with Crippen LogP contribution in [0.4, 0.5) is 0 Å². The van der Waals surface area contributed by atoms with E-state index >= 15 is 0 Å². The lowest BCUT2D eigenvalue weighted by Crippen LogP contribution is -2.46. The fourth-order valence-electron chi connectivity index (χ4n) is 2.91. The minimum atomic E-state index is -3.21. The van der Waals surface area contributed by atoms with E-state index in [9.17, 15) is 13.2 Å². The zero-order valence-electron chi connectivity index (χ0n) is 14.4. The van der Waals surface area contributed by atoms with Crippen LogP contribution in [0.1, 0.15) is 30.3 Å². The summed E-state index contributed by atoms with van der Waals surface area (Å²) in [7, 11) is -3.21. The molecule has 0 bridgehead atoms. The number of rotatable bonds is 5. The summed E-state index contributed by atoms with van der Waals surface area (Å²) in [5.41, 5.74) is 2.08. The van der Waals surface area contributed by atoms with Gasteiger partial charge in [0, 0.05) is 29.2 Å². The van der Waals surface area contributed by atoms with Gasteiger partial charge in [0.15, 0.2) is 0 Å². The average molecular weight is 441 g/mol. The van der Waals surface area contributed by atoms with Gasteiger partial charge >= 0.3 is 0 Å². The summed E-state index contributed by atoms with van der Waals surface area (Å²) in [5, 5.41) is 7.04. The third kappa shape index (κ3) is 4.52. The van der Waals surface area contributed by atoms with Gasteiger partial charge in [-0.15, -0.1) is 0 Å². The Bertz CT molecular complexity index is 872. The Morgan fingerprint density at radius 2 is 1.96 bits per heavy atom. The number of sulfonamides is 1. The van der Waals surface area contributed by atoms with Crippen LogP contribution in [0, 0.1) is 0 Å². The third-order valence-corrected chi connectivity index (χ3v) is 6.44. The van der Waals surface area contributed by atoms with E-state index in [-0.39, 0.29) is 17.7 Å². The molecule has 3 rings (SSSR count). The molecule has 140 valence electrons. The maximum atomic E-state index is 12.7. The van der Waals surface area contributed by atoms with E-state index in [1.807, 2.05) is 24.3 Å². The SMILES string of the molecule is CCS(=O)(=O)NC1CCN(C(=O)c2cc(-c3ccc(Br)cc3)n[nH]2)CC1. The summed E-state index contributed by atoms with van der Waals surface area (Å²) in [5.74, 6) is -0.0447. The number of piperidine rings is 1. The van der Waals surface area contributed by atoms with Gasteiger partial charge in [-0.1, -0.05) is 28.1 Å². The highest BCUT2D eigenvalue weighted by atomic mass is 79.9. The molecular weight excluding hydrogens is 420 g/mol. The van der Waals surface area contributed by atoms with Crippen LogP contribution in [0.25, 0.3) is 11.3 Å². The summed E-state index contributed by atoms with van der Waals surface area (Å²) in [6.45, 7) is 2.65. The number of halogens is 1. The summed E-state index contributed by atoms with van der Waals surface area (Å²) < 4.78 is 27.0. The largest absolute Gasteiger partial charge is 0.337 e. The molecule has 9 heteroatoms. The number of benzene rings is 1. The van der Waals surface area contributed by atoms with Crippen molar-refractivity contribution < 1.29 is 13.2 Å². The smallest absolute Gasteiger partial charge is 0.271 e. The molecule has 0 unspecified atom stereocenters. The van der Waals surface area contributed by atoms with Gasteiger partial charge in [-0.25, -0.2) is 13.1 Å². The van der Waals surface area contributed by atoms with Crippen molar-refractivity contribution in [3.63, 3.8) is 0 Å². The summed E-state index contributed by atoms with van der Waals surface area (Å²) in [4.78, 5) is 14.4. The van der Waals surface area contributed by atoms with Crippen molar-refractivity contribution in [1.29, 1.82) is 0 Å². The zero-order valence-corrected chi connectivity index (χ0v) is 16.8. The topological polar surface area (TPSA) is 95.2 Å². The number of H-pyrrole nitrogens is 1. The van der Waals surface area contributed by atoms with Crippen LogP contribution < -0.4 is 4.72 Å². The molecule has 1 aliphatic rings. The fourth-order valence-corrected chi connectivity index (χ4v) is 4.08. The Morgan fingerprint density at radius 3 is 2.58 bits per heavy atom. The van der Waals surface area contributed by atoms with Crippen molar-refractivity contribution in [1.82, 2.24) is 19.8 Å². The van der Waals surface area contributed by atoms with Crippen molar-refractivity contribution in [2.45, 2.75) is 25.8 Å². The molecule has 26 heavy (non-hydrogen) atoms. The van der Waals surface area contributed by atoms with Gasteiger partial charge in [-0.05, 0) is 38.0 Å². The molecule has 1 aromatic heterocycles. The van der Waals surface area contributed by atoms with Crippen molar-refractivity contribution >= 4 is 31.9 Å². The Balaban J connectivity index is 1.62. The first-order chi connectivity index (χ1) is 12.4. The number of amides is 1. The van der Waals surface area contributed by atoms with Gasteiger partial charge in [0.1, 0.15) is 5.69 Å². The van der Waals surface area contributed by atoms with Crippen molar-refractivity contribution in [2.75, 3.05) is 18.8 Å². The molecule has 0 spiro atoms. The number of aromatic amines is 1. The second-order valence-corrected chi connectivity index (χ2v) is 9.22. The molecule has 1 aliphatic heterocycles. The Hall–Kier alpha value is -1.71. The average Bonchev–Trinajstić information content (AvgIpc) is 3.12. The number of nitrogens with zero attached hydrogens (tertiary/aromatic N) is 2. The van der Waals surface area contributed by atoms with Crippen LogP contribution in [-0.2, 0) is 10.0 Å². The minimum absolute atomic E-state index is 0.0686. The van der Waals surface area contributed by atoms with Gasteiger partial charge in [-0.2, -0.15) is 5.10 Å². The van der Waals surface area contributed by atoms with E-state index in [0.717, 1.165) is 10.0 Å². The van der Waals surface area contributed by atoms with E-state index < -0.39 is 10.0 Å². The Kier molecular flexibility index (Phi) is 5.79. The molecule has 7 nitrogen and oxygen atoms in total. The van der Waals surface area contributed by atoms with E-state index in [4.69, 9.17) is 0 Å². The lowest BCUT2D eigenvalue weighted by atomic mass is 10.1. The van der Waals surface area contributed by atoms with E-state index in [2.05, 4.69) is 30.8 Å². The molecule has 0 saturated carbocycles. The molecule has 1 fully saturated rings. The van der Waals surface area contributed by atoms with Crippen LogP contribution >= 0.6 is 15.9 Å². The number of likely N-dealkylation sites (tertiary alicyclic amines) is 1. The van der Waals surface area contributed by atoms with E-state index in [0.29, 0.717) is 37.3 Å². The molecule has 2 heterocycles. The highest BCUT2D eigenvalue weighted by Gasteiger charge is 2.26. The second kappa shape index (κ2) is 7.89. The van der Waals surface area contributed by atoms with Gasteiger partial charge < -0.3 is 4.90 Å². The van der Waals surface area contributed by atoms with Crippen LogP contribution in [0.2, 0.25) is 0 Å². The first-order valence-electron chi connectivity index (χ1n) is 8.48. The molecule has 2 aromatic rings. The van der Waals surface area contributed by atoms with Crippen molar-refractivity contribution in [3.8, 4) is 11.3 Å². The van der Waals surface area contributed by atoms with Crippen LogP contribution in [0.5, 0.6) is 0 Å². The van der Waals surface area contributed by atoms with Crippen LogP contribution in [-0.4, -0.2) is 54.3 Å². The highest BCUT2D eigenvalue weighted by Crippen LogP contribution is 2.21. The fraction of sp³-hybridized carbons (Fsp3) is 0.412. The van der Waals surface area contributed by atoms with Crippen LogP contribution in [0.15, 0.2) is 34.8 Å². The molecule has 1 saturated heterocycles. The van der Waals surface area contributed by atoms with Crippen molar-refractivity contribution in [3.05, 3.63) is 40.5 Å². The Labute approximate surface area is 161 Å². The maximum Gasteiger partial charge on any atom is 0.271 e. The number of hydrogen-bond donors (Lipinski definition) is 2. The monoisotopic (exact) mass is 440 g/mol. The van der Waals surface area contributed by atoms with E-state index in [1.165, 1.54) is 0 Å². The normalized spacial score (nSPS) is 16.0. The molecule has 0 aliphatic carbocycles. The molecule has 0 atom stereocenters. The molecule has 2 N–H and O–H groups in total. The van der Waals surface area contributed by atoms with Crippen LogP contribution in [0.3, 0.4) is 0 Å². The molecule has 1 aromatic carbocycles. The lowest BCUT2D eigenvalue weighted by molar-refractivity contribution is 0.0705. The number of nitrogens with one attached hydrogen (secondary N) is 2. The minimum Gasteiger partial charge on any atom is -0.337 e. The highest BCUT2D eigenvalue weighted by molar-refractivity contribution is 9.10. The zero-order chi connectivity index (χ0) is 18.7. The van der Waals surface area contributed by atoms with E-state index in [1.54, 1.807) is 17.9 Å². The van der Waals surface area contributed by atoms with Gasteiger partial charge in [-0.3, -0.25) is 9.89 Å². The summed E-state index contributed by atoms with van der Waals surface area (Å²) in [6.07, 6.45) is 1.22. The number of carbonyl (C=O) groups is 1. The predicted octanol–water partition coefficient (Wildman–Crippen LogP) is 2.38. The number of hydrogen-bond acceptors (Lipinski definition) is 4. The molecule has 1 amide bonds. The standard InChI is InChI=1S/C17H21BrN4O3S/c1-2-26(24,25)21-14-7-9-22(10-8-14)17(23)16-11-15(19-20-16)12-3-5-13(18)6-4-12/h3-6,11,14,21H,2,7-10H2,1H3,(H,19,20).